The van der Waals surface area contributed by atoms with Crippen LogP contribution in [0, 0.1) is 6.92 Å². The second-order valence-corrected chi connectivity index (χ2v) is 6.05. The molecule has 3 amide bonds. The molecule has 2 aromatic rings. The van der Waals surface area contributed by atoms with Crippen LogP contribution in [0.15, 0.2) is 48.5 Å². The monoisotopic (exact) mass is 323 g/mol. The number of nitrogens with zero attached hydrogens (tertiary/aromatic N) is 2. The minimum atomic E-state index is -0.465. The molecule has 0 bridgehead atoms. The van der Waals surface area contributed by atoms with Gasteiger partial charge < -0.3 is 10.6 Å². The van der Waals surface area contributed by atoms with E-state index in [2.05, 4.69) is 19.1 Å². The van der Waals surface area contributed by atoms with E-state index in [0.29, 0.717) is 18.7 Å². The molecule has 2 N–H and O–H groups in total. The van der Waals surface area contributed by atoms with Gasteiger partial charge in [0, 0.05) is 30.9 Å². The molecule has 0 saturated carbocycles. The zero-order chi connectivity index (χ0) is 17.1. The van der Waals surface area contributed by atoms with Crippen LogP contribution < -0.4 is 10.6 Å². The average Bonchev–Trinajstić information content (AvgIpc) is 2.59. The summed E-state index contributed by atoms with van der Waals surface area (Å²) in [5.74, 6) is -0.465. The Balaban J connectivity index is 1.77. The van der Waals surface area contributed by atoms with Crippen LogP contribution in [0.25, 0.3) is 0 Å². The molecule has 1 fully saturated rings. The average molecular weight is 323 g/mol. The van der Waals surface area contributed by atoms with Gasteiger partial charge in [-0.3, -0.25) is 9.69 Å². The summed E-state index contributed by atoms with van der Waals surface area (Å²) < 4.78 is 0. The quantitative estimate of drug-likeness (QED) is 0.940. The Morgan fingerprint density at radius 1 is 1.08 bits per heavy atom. The van der Waals surface area contributed by atoms with E-state index in [1.807, 2.05) is 17.0 Å². The zero-order valence-electron chi connectivity index (χ0n) is 13.7. The Morgan fingerprint density at radius 3 is 2.46 bits per heavy atom. The van der Waals surface area contributed by atoms with Crippen molar-refractivity contribution >= 4 is 17.6 Å². The van der Waals surface area contributed by atoms with Gasteiger partial charge in [-0.2, -0.15) is 0 Å². The Bertz CT molecular complexity index is 755. The summed E-state index contributed by atoms with van der Waals surface area (Å²) in [5, 5.41) is 0. The fourth-order valence-electron chi connectivity index (χ4n) is 2.97. The molecule has 1 heterocycles. The number of urea groups is 1. The molecular weight excluding hydrogens is 302 g/mol. The maximum Gasteiger partial charge on any atom is 0.324 e. The Hall–Kier alpha value is -2.82. The van der Waals surface area contributed by atoms with E-state index in [1.54, 1.807) is 29.2 Å². The predicted molar refractivity (Wildman–Crippen MR) is 93.9 cm³/mol. The lowest BCUT2D eigenvalue weighted by Gasteiger charge is -2.36. The first-order chi connectivity index (χ1) is 11.6. The van der Waals surface area contributed by atoms with Crippen molar-refractivity contribution in [3.05, 3.63) is 65.2 Å². The van der Waals surface area contributed by atoms with E-state index < -0.39 is 5.91 Å². The summed E-state index contributed by atoms with van der Waals surface area (Å²) in [7, 11) is 0. The van der Waals surface area contributed by atoms with Gasteiger partial charge in [0.2, 0.25) is 5.91 Å². The number of rotatable bonds is 4. The van der Waals surface area contributed by atoms with E-state index in [9.17, 15) is 9.59 Å². The highest BCUT2D eigenvalue weighted by molar-refractivity contribution is 5.95. The van der Waals surface area contributed by atoms with Crippen molar-refractivity contribution in [2.24, 2.45) is 5.73 Å². The summed E-state index contributed by atoms with van der Waals surface area (Å²) in [5.41, 5.74) is 8.85. The summed E-state index contributed by atoms with van der Waals surface area (Å²) in [6.07, 6.45) is 0.912. The maximum atomic E-state index is 12.8. The summed E-state index contributed by atoms with van der Waals surface area (Å²) >= 11 is 0. The van der Waals surface area contributed by atoms with Crippen molar-refractivity contribution in [3.8, 4) is 0 Å². The minimum Gasteiger partial charge on any atom is -0.366 e. The molecule has 0 unspecified atom stereocenters. The largest absolute Gasteiger partial charge is 0.366 e. The van der Waals surface area contributed by atoms with Crippen LogP contribution in [-0.2, 0) is 6.54 Å². The van der Waals surface area contributed by atoms with E-state index in [0.717, 1.165) is 24.2 Å². The first-order valence-corrected chi connectivity index (χ1v) is 8.07. The molecule has 3 rings (SSSR count). The van der Waals surface area contributed by atoms with Crippen LogP contribution in [0.3, 0.4) is 0 Å². The number of primary amides is 1. The molecule has 2 aromatic carbocycles. The number of aryl methyl sites for hydroxylation is 1. The van der Waals surface area contributed by atoms with Gasteiger partial charge in [0.15, 0.2) is 0 Å². The number of anilines is 1. The van der Waals surface area contributed by atoms with Gasteiger partial charge in [-0.1, -0.05) is 24.3 Å². The van der Waals surface area contributed by atoms with Gasteiger partial charge in [-0.25, -0.2) is 4.79 Å². The highest BCUT2D eigenvalue weighted by atomic mass is 16.2. The summed E-state index contributed by atoms with van der Waals surface area (Å²) in [4.78, 5) is 27.6. The van der Waals surface area contributed by atoms with Crippen molar-refractivity contribution in [2.75, 3.05) is 18.0 Å². The number of amides is 3. The van der Waals surface area contributed by atoms with Crippen LogP contribution in [0.5, 0.6) is 0 Å². The Labute approximate surface area is 141 Å². The third-order valence-corrected chi connectivity index (χ3v) is 4.40. The molecule has 1 aliphatic rings. The van der Waals surface area contributed by atoms with E-state index >= 15 is 0 Å². The van der Waals surface area contributed by atoms with Gasteiger partial charge in [0.25, 0.3) is 0 Å². The first kappa shape index (κ1) is 16.1. The van der Waals surface area contributed by atoms with Crippen molar-refractivity contribution in [1.29, 1.82) is 0 Å². The molecule has 1 aliphatic heterocycles. The van der Waals surface area contributed by atoms with Crippen molar-refractivity contribution in [3.63, 3.8) is 0 Å². The molecule has 124 valence electrons. The van der Waals surface area contributed by atoms with Crippen molar-refractivity contribution < 1.29 is 9.59 Å². The number of benzene rings is 2. The van der Waals surface area contributed by atoms with Crippen molar-refractivity contribution in [2.45, 2.75) is 19.9 Å². The van der Waals surface area contributed by atoms with Crippen LogP contribution in [0.4, 0.5) is 10.5 Å². The molecule has 0 spiro atoms. The molecule has 5 heteroatoms. The standard InChI is InChI=1S/C19H21N3O2/c1-14-5-2-3-6-16(14)13-21-11-4-12-22(19(21)24)17-9-7-15(8-10-17)18(20)23/h2-3,5-10H,4,11-13H2,1H3,(H2,20,23). The Morgan fingerprint density at radius 2 is 1.79 bits per heavy atom. The van der Waals surface area contributed by atoms with E-state index in [-0.39, 0.29) is 6.03 Å². The smallest absolute Gasteiger partial charge is 0.324 e. The summed E-state index contributed by atoms with van der Waals surface area (Å²) in [6.45, 7) is 4.10. The highest BCUT2D eigenvalue weighted by Gasteiger charge is 2.27. The molecule has 24 heavy (non-hydrogen) atoms. The lowest BCUT2D eigenvalue weighted by atomic mass is 10.1. The van der Waals surface area contributed by atoms with Crippen LogP contribution >= 0.6 is 0 Å². The maximum absolute atomic E-state index is 12.8. The first-order valence-electron chi connectivity index (χ1n) is 8.07. The van der Waals surface area contributed by atoms with Gasteiger partial charge in [-0.05, 0) is 48.7 Å². The van der Waals surface area contributed by atoms with Crippen LogP contribution in [0.2, 0.25) is 0 Å². The fourth-order valence-corrected chi connectivity index (χ4v) is 2.97. The second kappa shape index (κ2) is 6.74. The van der Waals surface area contributed by atoms with Gasteiger partial charge in [0.05, 0.1) is 0 Å². The number of nitrogens with two attached hydrogens (primary N) is 1. The van der Waals surface area contributed by atoms with E-state index in [4.69, 9.17) is 5.73 Å². The van der Waals surface area contributed by atoms with Crippen molar-refractivity contribution in [1.82, 2.24) is 4.90 Å². The van der Waals surface area contributed by atoms with Gasteiger partial charge >= 0.3 is 6.03 Å². The molecule has 0 aromatic heterocycles. The predicted octanol–water partition coefficient (Wildman–Crippen LogP) is 2.93. The molecule has 0 atom stereocenters. The van der Waals surface area contributed by atoms with E-state index in [1.165, 1.54) is 5.56 Å². The minimum absolute atomic E-state index is 0.00340. The molecular formula is C19H21N3O2. The third-order valence-electron chi connectivity index (χ3n) is 4.40. The molecule has 0 aliphatic carbocycles. The van der Waals surface area contributed by atoms with Crippen LogP contribution in [-0.4, -0.2) is 29.9 Å². The van der Waals surface area contributed by atoms with Gasteiger partial charge in [-0.15, -0.1) is 0 Å². The normalized spacial score (nSPS) is 14.8. The zero-order valence-corrected chi connectivity index (χ0v) is 13.7. The number of hydrogen-bond acceptors (Lipinski definition) is 2. The highest BCUT2D eigenvalue weighted by Crippen LogP contribution is 2.22. The topological polar surface area (TPSA) is 66.6 Å². The fraction of sp³-hybridized carbons (Fsp3) is 0.263. The SMILES string of the molecule is Cc1ccccc1CN1CCCN(c2ccc(C(N)=O)cc2)C1=O. The summed E-state index contributed by atoms with van der Waals surface area (Å²) in [6, 6.07) is 15.0. The lowest BCUT2D eigenvalue weighted by Crippen LogP contribution is -2.49. The Kier molecular flexibility index (Phi) is 4.51. The second-order valence-electron chi connectivity index (χ2n) is 6.05. The number of carbonyl (C=O) groups excluding carboxylic acids is 2. The van der Waals surface area contributed by atoms with Gasteiger partial charge in [0.1, 0.15) is 0 Å². The lowest BCUT2D eigenvalue weighted by molar-refractivity contribution is 0.100. The molecule has 5 nitrogen and oxygen atoms in total. The number of carbonyl (C=O) groups is 2. The molecule has 1 saturated heterocycles. The van der Waals surface area contributed by atoms with Crippen LogP contribution in [0.1, 0.15) is 27.9 Å². The molecule has 0 radical (unpaired) electrons. The third kappa shape index (κ3) is 3.25. The number of hydrogen-bond donors (Lipinski definition) is 1.